The molecule has 0 fully saturated rings. The van der Waals surface area contributed by atoms with Crippen molar-refractivity contribution in [1.82, 2.24) is 5.32 Å². The second kappa shape index (κ2) is 5.63. The Labute approximate surface area is 111 Å². The zero-order chi connectivity index (χ0) is 14.7. The standard InChI is InChI=1S/C14H18F3NO/c1-13(2,3)8-12(19)18-9-10-5-4-6-11(7-10)14(15,16)17/h4-7H,8-9H2,1-3H3,(H,18,19). The van der Waals surface area contributed by atoms with Gasteiger partial charge in [0.15, 0.2) is 0 Å². The van der Waals surface area contributed by atoms with Crippen LogP contribution in [0.1, 0.15) is 38.3 Å². The summed E-state index contributed by atoms with van der Waals surface area (Å²) in [7, 11) is 0. The van der Waals surface area contributed by atoms with Crippen LogP contribution in [0.3, 0.4) is 0 Å². The maximum Gasteiger partial charge on any atom is 0.416 e. The molecule has 1 rings (SSSR count). The van der Waals surface area contributed by atoms with Crippen molar-refractivity contribution in [2.75, 3.05) is 0 Å². The van der Waals surface area contributed by atoms with E-state index in [2.05, 4.69) is 5.32 Å². The Bertz CT molecular complexity index is 447. The van der Waals surface area contributed by atoms with Crippen LogP contribution in [0.2, 0.25) is 0 Å². The Morgan fingerprint density at radius 3 is 2.37 bits per heavy atom. The molecule has 0 spiro atoms. The highest BCUT2D eigenvalue weighted by Crippen LogP contribution is 2.29. The zero-order valence-corrected chi connectivity index (χ0v) is 11.3. The summed E-state index contributed by atoms with van der Waals surface area (Å²) in [6.45, 7) is 5.89. The minimum Gasteiger partial charge on any atom is -0.352 e. The van der Waals surface area contributed by atoms with Crippen molar-refractivity contribution in [1.29, 1.82) is 0 Å². The average molecular weight is 273 g/mol. The summed E-state index contributed by atoms with van der Waals surface area (Å²) >= 11 is 0. The molecule has 5 heteroatoms. The van der Waals surface area contributed by atoms with Gasteiger partial charge in [-0.2, -0.15) is 13.2 Å². The van der Waals surface area contributed by atoms with Crippen LogP contribution in [-0.2, 0) is 17.5 Å². The van der Waals surface area contributed by atoms with E-state index in [1.54, 1.807) is 6.07 Å². The number of alkyl halides is 3. The van der Waals surface area contributed by atoms with E-state index in [1.165, 1.54) is 6.07 Å². The molecule has 0 saturated heterocycles. The van der Waals surface area contributed by atoms with Crippen molar-refractivity contribution in [3.63, 3.8) is 0 Å². The van der Waals surface area contributed by atoms with Gasteiger partial charge >= 0.3 is 6.18 Å². The van der Waals surface area contributed by atoms with Crippen molar-refractivity contribution in [2.24, 2.45) is 5.41 Å². The van der Waals surface area contributed by atoms with E-state index in [0.717, 1.165) is 12.1 Å². The molecule has 0 saturated carbocycles. The third-order valence-electron chi connectivity index (χ3n) is 2.43. The summed E-state index contributed by atoms with van der Waals surface area (Å²) in [5.41, 5.74) is -0.398. The first-order valence-corrected chi connectivity index (χ1v) is 6.01. The van der Waals surface area contributed by atoms with Crippen molar-refractivity contribution < 1.29 is 18.0 Å². The first-order valence-electron chi connectivity index (χ1n) is 6.01. The fourth-order valence-corrected chi connectivity index (χ4v) is 1.60. The van der Waals surface area contributed by atoms with Gasteiger partial charge in [0.2, 0.25) is 5.91 Å². The van der Waals surface area contributed by atoms with Crippen LogP contribution >= 0.6 is 0 Å². The fourth-order valence-electron chi connectivity index (χ4n) is 1.60. The van der Waals surface area contributed by atoms with E-state index < -0.39 is 11.7 Å². The van der Waals surface area contributed by atoms with Crippen LogP contribution < -0.4 is 5.32 Å². The number of nitrogens with one attached hydrogen (secondary N) is 1. The molecule has 2 nitrogen and oxygen atoms in total. The molecule has 19 heavy (non-hydrogen) atoms. The highest BCUT2D eigenvalue weighted by molar-refractivity contribution is 5.76. The van der Waals surface area contributed by atoms with Gasteiger partial charge in [0.25, 0.3) is 0 Å². The number of hydrogen-bond donors (Lipinski definition) is 1. The molecule has 0 aromatic heterocycles. The molecule has 1 N–H and O–H groups in total. The molecule has 0 aliphatic carbocycles. The first-order chi connectivity index (χ1) is 8.58. The molecule has 1 aromatic rings. The quantitative estimate of drug-likeness (QED) is 0.892. The molecule has 1 amide bonds. The summed E-state index contributed by atoms with van der Waals surface area (Å²) in [5.74, 6) is -0.162. The van der Waals surface area contributed by atoms with Gasteiger partial charge in [-0.05, 0) is 23.1 Å². The molecular weight excluding hydrogens is 255 g/mol. The third-order valence-corrected chi connectivity index (χ3v) is 2.43. The van der Waals surface area contributed by atoms with Crippen LogP contribution in [0.5, 0.6) is 0 Å². The zero-order valence-electron chi connectivity index (χ0n) is 11.3. The summed E-state index contributed by atoms with van der Waals surface area (Å²) in [4.78, 5) is 11.6. The van der Waals surface area contributed by atoms with Crippen molar-refractivity contribution in [3.05, 3.63) is 35.4 Å². The van der Waals surface area contributed by atoms with Gasteiger partial charge in [-0.3, -0.25) is 4.79 Å². The second-order valence-electron chi connectivity index (χ2n) is 5.71. The monoisotopic (exact) mass is 273 g/mol. The summed E-state index contributed by atoms with van der Waals surface area (Å²) < 4.78 is 37.5. The number of carbonyl (C=O) groups excluding carboxylic acids is 1. The highest BCUT2D eigenvalue weighted by Gasteiger charge is 2.30. The van der Waals surface area contributed by atoms with Gasteiger partial charge in [-0.15, -0.1) is 0 Å². The Morgan fingerprint density at radius 1 is 1.21 bits per heavy atom. The topological polar surface area (TPSA) is 29.1 Å². The minimum atomic E-state index is -4.36. The van der Waals surface area contributed by atoms with Crippen molar-refractivity contribution in [3.8, 4) is 0 Å². The molecular formula is C14H18F3NO. The van der Waals surface area contributed by atoms with Gasteiger partial charge in [-0.25, -0.2) is 0 Å². The number of carbonyl (C=O) groups is 1. The van der Waals surface area contributed by atoms with Crippen LogP contribution in [-0.4, -0.2) is 5.91 Å². The van der Waals surface area contributed by atoms with Gasteiger partial charge in [0.05, 0.1) is 5.56 Å². The molecule has 0 aliphatic rings. The van der Waals surface area contributed by atoms with Crippen molar-refractivity contribution in [2.45, 2.75) is 39.9 Å². The number of rotatable bonds is 3. The maximum atomic E-state index is 12.5. The van der Waals surface area contributed by atoms with E-state index in [0.29, 0.717) is 12.0 Å². The maximum absolute atomic E-state index is 12.5. The van der Waals surface area contributed by atoms with Crippen LogP contribution in [0.25, 0.3) is 0 Å². The SMILES string of the molecule is CC(C)(C)CC(=O)NCc1cccc(C(F)(F)F)c1. The predicted octanol–water partition coefficient (Wildman–Crippen LogP) is 3.76. The lowest BCUT2D eigenvalue weighted by Crippen LogP contribution is -2.27. The van der Waals surface area contributed by atoms with E-state index in [4.69, 9.17) is 0 Å². The van der Waals surface area contributed by atoms with Crippen molar-refractivity contribution >= 4 is 5.91 Å². The number of amides is 1. The summed E-state index contributed by atoms with van der Waals surface area (Å²) in [6.07, 6.45) is -4.02. The smallest absolute Gasteiger partial charge is 0.352 e. The van der Waals surface area contributed by atoms with Gasteiger partial charge < -0.3 is 5.32 Å². The van der Waals surface area contributed by atoms with E-state index in [9.17, 15) is 18.0 Å². The van der Waals surface area contributed by atoms with E-state index in [-0.39, 0.29) is 17.9 Å². The molecule has 106 valence electrons. The predicted molar refractivity (Wildman–Crippen MR) is 67.4 cm³/mol. The summed E-state index contributed by atoms with van der Waals surface area (Å²) in [5, 5.41) is 2.63. The average Bonchev–Trinajstić information content (AvgIpc) is 2.23. The second-order valence-corrected chi connectivity index (χ2v) is 5.71. The largest absolute Gasteiger partial charge is 0.416 e. The lowest BCUT2D eigenvalue weighted by atomic mass is 9.92. The van der Waals surface area contributed by atoms with Crippen LogP contribution in [0.15, 0.2) is 24.3 Å². The van der Waals surface area contributed by atoms with Crippen LogP contribution in [0, 0.1) is 5.41 Å². The number of halogens is 3. The molecule has 0 atom stereocenters. The fraction of sp³-hybridized carbons (Fsp3) is 0.500. The van der Waals surface area contributed by atoms with E-state index >= 15 is 0 Å². The molecule has 0 radical (unpaired) electrons. The Morgan fingerprint density at radius 2 is 1.84 bits per heavy atom. The highest BCUT2D eigenvalue weighted by atomic mass is 19.4. The Hall–Kier alpha value is -1.52. The van der Waals surface area contributed by atoms with E-state index in [1.807, 2.05) is 20.8 Å². The third kappa shape index (κ3) is 5.77. The molecule has 0 unspecified atom stereocenters. The molecule has 1 aromatic carbocycles. The first kappa shape index (κ1) is 15.5. The Kier molecular flexibility index (Phi) is 4.61. The molecule has 0 heterocycles. The molecule has 0 aliphatic heterocycles. The number of hydrogen-bond acceptors (Lipinski definition) is 1. The van der Waals surface area contributed by atoms with Gasteiger partial charge in [0.1, 0.15) is 0 Å². The normalized spacial score (nSPS) is 12.3. The lowest BCUT2D eigenvalue weighted by Gasteiger charge is -2.17. The summed E-state index contributed by atoms with van der Waals surface area (Å²) in [6, 6.07) is 4.97. The minimum absolute atomic E-state index is 0.110. The number of benzene rings is 1. The molecule has 0 bridgehead atoms. The Balaban J connectivity index is 2.62. The van der Waals surface area contributed by atoms with Crippen LogP contribution in [0.4, 0.5) is 13.2 Å². The van der Waals surface area contributed by atoms with Gasteiger partial charge in [-0.1, -0.05) is 32.9 Å². The van der Waals surface area contributed by atoms with Gasteiger partial charge in [0, 0.05) is 13.0 Å². The lowest BCUT2D eigenvalue weighted by molar-refractivity contribution is -0.137.